The maximum atomic E-state index is 11.8. The monoisotopic (exact) mass is 276 g/mol. The number of nitrogens with zero attached hydrogens (tertiary/aromatic N) is 2. The zero-order chi connectivity index (χ0) is 13.9. The van der Waals surface area contributed by atoms with E-state index in [-0.39, 0.29) is 0 Å². The van der Waals surface area contributed by atoms with Crippen LogP contribution in [0.2, 0.25) is 0 Å². The second kappa shape index (κ2) is 5.56. The lowest BCUT2D eigenvalue weighted by atomic mass is 10.2. The number of hydrogen-bond donors (Lipinski definition) is 1. The topological polar surface area (TPSA) is 79.2 Å². The standard InChI is InChI=1S/C11H17ClN2O4/c1-11(2,3)18-10(17)14(6-7-4-5-7)13-8(12)9(15)16/h7H,4-6H2,1-3H3,(H,15,16)/b13-8+. The first kappa shape index (κ1) is 14.8. The van der Waals surface area contributed by atoms with Gasteiger partial charge in [0, 0.05) is 0 Å². The van der Waals surface area contributed by atoms with Crippen LogP contribution in [-0.2, 0) is 9.53 Å². The predicted molar refractivity (Wildman–Crippen MR) is 66.6 cm³/mol. The molecule has 0 radical (unpaired) electrons. The molecule has 1 saturated carbocycles. The van der Waals surface area contributed by atoms with Gasteiger partial charge in [-0.25, -0.2) is 9.59 Å². The summed E-state index contributed by atoms with van der Waals surface area (Å²) < 4.78 is 5.14. The van der Waals surface area contributed by atoms with Crippen LogP contribution in [0.1, 0.15) is 33.6 Å². The molecule has 1 rings (SSSR count). The number of hydrogen-bond acceptors (Lipinski definition) is 4. The highest BCUT2D eigenvalue weighted by Crippen LogP contribution is 2.30. The summed E-state index contributed by atoms with van der Waals surface area (Å²) in [6.07, 6.45) is 1.31. The lowest BCUT2D eigenvalue weighted by Gasteiger charge is -2.24. The Bertz CT molecular complexity index is 372. The van der Waals surface area contributed by atoms with E-state index in [0.29, 0.717) is 12.5 Å². The first-order valence-electron chi connectivity index (χ1n) is 5.67. The highest BCUT2D eigenvalue weighted by atomic mass is 35.5. The molecule has 0 bridgehead atoms. The van der Waals surface area contributed by atoms with Crippen LogP contribution in [0.25, 0.3) is 0 Å². The van der Waals surface area contributed by atoms with Gasteiger partial charge in [-0.1, -0.05) is 11.6 Å². The number of aliphatic carboxylic acids is 1. The number of carbonyl (C=O) groups is 2. The molecule has 1 aliphatic carbocycles. The minimum absolute atomic E-state index is 0.332. The second-order valence-corrected chi connectivity index (χ2v) is 5.56. The number of carboxylic acid groups (broad SMARTS) is 1. The molecular weight excluding hydrogens is 260 g/mol. The third kappa shape index (κ3) is 5.35. The van der Waals surface area contributed by atoms with Crippen LogP contribution in [0.5, 0.6) is 0 Å². The highest BCUT2D eigenvalue weighted by Gasteiger charge is 2.30. The van der Waals surface area contributed by atoms with Crippen molar-refractivity contribution in [2.45, 2.75) is 39.2 Å². The molecule has 7 heteroatoms. The zero-order valence-electron chi connectivity index (χ0n) is 10.6. The fourth-order valence-corrected chi connectivity index (χ4v) is 1.26. The van der Waals surface area contributed by atoms with Crippen molar-refractivity contribution in [2.75, 3.05) is 6.54 Å². The summed E-state index contributed by atoms with van der Waals surface area (Å²) in [6, 6.07) is 0. The number of hydrazone groups is 1. The fourth-order valence-electron chi connectivity index (χ4n) is 1.16. The number of carbonyl (C=O) groups excluding carboxylic acids is 1. The van der Waals surface area contributed by atoms with Crippen molar-refractivity contribution < 1.29 is 19.4 Å². The highest BCUT2D eigenvalue weighted by molar-refractivity contribution is 6.81. The van der Waals surface area contributed by atoms with Gasteiger partial charge in [0.05, 0.1) is 6.54 Å². The molecule has 0 aromatic rings. The van der Waals surface area contributed by atoms with E-state index in [1.165, 1.54) is 0 Å². The lowest BCUT2D eigenvalue weighted by molar-refractivity contribution is -0.129. The molecule has 0 aromatic carbocycles. The van der Waals surface area contributed by atoms with E-state index in [0.717, 1.165) is 17.9 Å². The maximum Gasteiger partial charge on any atom is 0.430 e. The molecule has 0 saturated heterocycles. The van der Waals surface area contributed by atoms with Gasteiger partial charge in [0.25, 0.3) is 0 Å². The average molecular weight is 277 g/mol. The first-order chi connectivity index (χ1) is 8.19. The van der Waals surface area contributed by atoms with E-state index in [2.05, 4.69) is 5.10 Å². The van der Waals surface area contributed by atoms with Gasteiger partial charge in [-0.15, -0.1) is 5.10 Å². The number of carboxylic acids is 1. The predicted octanol–water partition coefficient (Wildman–Crippen LogP) is 2.27. The Hall–Kier alpha value is -1.30. The number of rotatable bonds is 4. The molecule has 0 atom stereocenters. The van der Waals surface area contributed by atoms with Gasteiger partial charge in [0.2, 0.25) is 5.17 Å². The Morgan fingerprint density at radius 2 is 2.00 bits per heavy atom. The summed E-state index contributed by atoms with van der Waals surface area (Å²) in [4.78, 5) is 22.4. The summed E-state index contributed by atoms with van der Waals surface area (Å²) in [7, 11) is 0. The molecule has 0 spiro atoms. The summed E-state index contributed by atoms with van der Waals surface area (Å²) in [5, 5.41) is 12.6. The zero-order valence-corrected chi connectivity index (χ0v) is 11.4. The molecule has 0 unspecified atom stereocenters. The van der Waals surface area contributed by atoms with Crippen molar-refractivity contribution in [3.63, 3.8) is 0 Å². The fraction of sp³-hybridized carbons (Fsp3) is 0.727. The van der Waals surface area contributed by atoms with Crippen LogP contribution < -0.4 is 0 Å². The van der Waals surface area contributed by atoms with Crippen LogP contribution in [0.15, 0.2) is 5.10 Å². The maximum absolute atomic E-state index is 11.8. The van der Waals surface area contributed by atoms with Gasteiger partial charge < -0.3 is 9.84 Å². The Morgan fingerprint density at radius 1 is 1.44 bits per heavy atom. The van der Waals surface area contributed by atoms with Gasteiger partial charge in [-0.2, -0.15) is 5.01 Å². The van der Waals surface area contributed by atoms with E-state index >= 15 is 0 Å². The van der Waals surface area contributed by atoms with E-state index in [1.807, 2.05) is 0 Å². The smallest absolute Gasteiger partial charge is 0.430 e. The van der Waals surface area contributed by atoms with Crippen molar-refractivity contribution in [1.29, 1.82) is 0 Å². The quantitative estimate of drug-likeness (QED) is 0.631. The molecule has 1 fully saturated rings. The Morgan fingerprint density at radius 3 is 2.39 bits per heavy atom. The third-order valence-corrected chi connectivity index (χ3v) is 2.35. The Balaban J connectivity index is 2.73. The van der Waals surface area contributed by atoms with Gasteiger partial charge in [0.1, 0.15) is 5.60 Å². The van der Waals surface area contributed by atoms with Crippen LogP contribution in [0, 0.1) is 5.92 Å². The SMILES string of the molecule is CC(C)(C)OC(=O)N(CC1CC1)/N=C(/Cl)C(=O)O. The van der Waals surface area contributed by atoms with Crippen LogP contribution in [-0.4, -0.2) is 39.5 Å². The minimum atomic E-state index is -1.37. The van der Waals surface area contributed by atoms with Crippen LogP contribution in [0.3, 0.4) is 0 Å². The number of amides is 1. The first-order valence-corrected chi connectivity index (χ1v) is 6.05. The second-order valence-electron chi connectivity index (χ2n) is 5.20. The van der Waals surface area contributed by atoms with Gasteiger partial charge >= 0.3 is 12.1 Å². The van der Waals surface area contributed by atoms with Crippen molar-refractivity contribution in [3.8, 4) is 0 Å². The molecule has 18 heavy (non-hydrogen) atoms. The molecule has 0 heterocycles. The summed E-state index contributed by atoms with van der Waals surface area (Å²) in [5.74, 6) is -1.03. The van der Waals surface area contributed by atoms with Crippen LogP contribution in [0.4, 0.5) is 4.79 Å². The molecule has 102 valence electrons. The average Bonchev–Trinajstić information content (AvgIpc) is 2.97. The summed E-state index contributed by atoms with van der Waals surface area (Å²) >= 11 is 5.43. The molecule has 1 aliphatic rings. The van der Waals surface area contributed by atoms with Crippen molar-refractivity contribution >= 4 is 28.8 Å². The van der Waals surface area contributed by atoms with Crippen molar-refractivity contribution in [3.05, 3.63) is 0 Å². The van der Waals surface area contributed by atoms with Crippen LogP contribution >= 0.6 is 11.6 Å². The molecule has 0 aromatic heterocycles. The molecular formula is C11H17ClN2O4. The van der Waals surface area contributed by atoms with Gasteiger partial charge in [-0.3, -0.25) is 0 Å². The number of halogens is 1. The normalized spacial score (nSPS) is 16.3. The van der Waals surface area contributed by atoms with Crippen molar-refractivity contribution in [2.24, 2.45) is 11.0 Å². The summed E-state index contributed by atoms with van der Waals surface area (Å²) in [5.41, 5.74) is -0.663. The summed E-state index contributed by atoms with van der Waals surface area (Å²) in [6.45, 7) is 5.51. The largest absolute Gasteiger partial charge is 0.476 e. The van der Waals surface area contributed by atoms with Gasteiger partial charge in [0.15, 0.2) is 0 Å². The Kier molecular flexibility index (Phi) is 4.56. The molecule has 1 amide bonds. The Labute approximate surface area is 111 Å². The van der Waals surface area contributed by atoms with Gasteiger partial charge in [-0.05, 0) is 39.5 Å². The third-order valence-electron chi connectivity index (χ3n) is 2.12. The molecule has 6 nitrogen and oxygen atoms in total. The van der Waals surface area contributed by atoms with E-state index in [9.17, 15) is 9.59 Å². The van der Waals surface area contributed by atoms with E-state index in [1.54, 1.807) is 20.8 Å². The van der Waals surface area contributed by atoms with E-state index < -0.39 is 22.8 Å². The molecule has 1 N–H and O–H groups in total. The lowest BCUT2D eigenvalue weighted by Crippen LogP contribution is -2.35. The molecule has 0 aliphatic heterocycles. The minimum Gasteiger partial charge on any atom is -0.476 e. The van der Waals surface area contributed by atoms with E-state index in [4.69, 9.17) is 21.4 Å². The number of ether oxygens (including phenoxy) is 1. The van der Waals surface area contributed by atoms with Crippen molar-refractivity contribution in [1.82, 2.24) is 5.01 Å².